The highest BCUT2D eigenvalue weighted by Crippen LogP contribution is 2.15. The molecule has 120 valence electrons. The van der Waals surface area contributed by atoms with Gasteiger partial charge in [-0.25, -0.2) is 0 Å². The van der Waals surface area contributed by atoms with Crippen molar-refractivity contribution >= 4 is 29.7 Å². The molecule has 0 radical (unpaired) electrons. The average Bonchev–Trinajstić information content (AvgIpc) is 2.94. The van der Waals surface area contributed by atoms with Crippen LogP contribution < -0.4 is 5.32 Å². The molecular formula is C16H27ClN2OS. The first-order valence-electron chi connectivity index (χ1n) is 7.73. The summed E-state index contributed by atoms with van der Waals surface area (Å²) < 4.78 is 0. The topological polar surface area (TPSA) is 32.3 Å². The smallest absolute Gasteiger partial charge is 0.222 e. The van der Waals surface area contributed by atoms with Crippen molar-refractivity contribution in [2.24, 2.45) is 0 Å². The average molecular weight is 331 g/mol. The summed E-state index contributed by atoms with van der Waals surface area (Å²) in [6.07, 6.45) is 5.24. The zero-order valence-corrected chi connectivity index (χ0v) is 14.6. The first-order chi connectivity index (χ1) is 9.68. The summed E-state index contributed by atoms with van der Waals surface area (Å²) in [6.45, 7) is 6.09. The van der Waals surface area contributed by atoms with Gasteiger partial charge in [-0.15, -0.1) is 23.7 Å². The number of carbonyl (C=O) groups excluding carboxylic acids is 1. The number of rotatable bonds is 6. The zero-order chi connectivity index (χ0) is 14.4. The van der Waals surface area contributed by atoms with Crippen LogP contribution in [0.3, 0.4) is 0 Å². The molecule has 0 saturated carbocycles. The van der Waals surface area contributed by atoms with Gasteiger partial charge < -0.3 is 10.2 Å². The summed E-state index contributed by atoms with van der Waals surface area (Å²) >= 11 is 1.83. The highest BCUT2D eigenvalue weighted by atomic mass is 35.5. The third kappa shape index (κ3) is 5.61. The van der Waals surface area contributed by atoms with Crippen LogP contribution in [0.2, 0.25) is 0 Å². The Morgan fingerprint density at radius 3 is 2.90 bits per heavy atom. The van der Waals surface area contributed by atoms with Crippen molar-refractivity contribution in [3.63, 3.8) is 0 Å². The van der Waals surface area contributed by atoms with E-state index in [9.17, 15) is 4.79 Å². The molecule has 5 heteroatoms. The molecule has 2 heterocycles. The van der Waals surface area contributed by atoms with Crippen LogP contribution in [0.4, 0.5) is 0 Å². The van der Waals surface area contributed by atoms with Crippen molar-refractivity contribution in [3.8, 4) is 0 Å². The lowest BCUT2D eigenvalue weighted by Gasteiger charge is -2.38. The number of thiophene rings is 1. The van der Waals surface area contributed by atoms with Crippen LogP contribution in [-0.4, -0.2) is 36.0 Å². The molecule has 2 atom stereocenters. The highest BCUT2D eigenvalue weighted by Gasteiger charge is 2.27. The molecule has 1 aliphatic rings. The Kier molecular flexibility index (Phi) is 8.30. The number of carbonyl (C=O) groups is 1. The Bertz CT molecular complexity index is 410. The third-order valence-electron chi connectivity index (χ3n) is 4.25. The number of aryl methyl sites for hydroxylation is 1. The van der Waals surface area contributed by atoms with Gasteiger partial charge in [-0.3, -0.25) is 4.79 Å². The van der Waals surface area contributed by atoms with Gasteiger partial charge in [-0.1, -0.05) is 12.5 Å². The molecule has 1 amide bonds. The Labute approximate surface area is 138 Å². The molecule has 21 heavy (non-hydrogen) atoms. The zero-order valence-electron chi connectivity index (χ0n) is 13.0. The molecule has 3 nitrogen and oxygen atoms in total. The molecule has 0 aromatic carbocycles. The molecular weight excluding hydrogens is 304 g/mol. The van der Waals surface area contributed by atoms with Crippen LogP contribution >= 0.6 is 23.7 Å². The van der Waals surface area contributed by atoms with E-state index in [1.54, 1.807) is 0 Å². The number of nitrogens with zero attached hydrogens (tertiary/aromatic N) is 1. The van der Waals surface area contributed by atoms with E-state index in [4.69, 9.17) is 0 Å². The maximum Gasteiger partial charge on any atom is 0.222 e. The largest absolute Gasteiger partial charge is 0.337 e. The van der Waals surface area contributed by atoms with Gasteiger partial charge in [0.25, 0.3) is 0 Å². The van der Waals surface area contributed by atoms with E-state index >= 15 is 0 Å². The molecule has 0 bridgehead atoms. The number of hydrogen-bond donors (Lipinski definition) is 1. The van der Waals surface area contributed by atoms with E-state index in [0.29, 0.717) is 24.4 Å². The summed E-state index contributed by atoms with van der Waals surface area (Å²) in [5.41, 5.74) is 0. The van der Waals surface area contributed by atoms with Gasteiger partial charge in [-0.2, -0.15) is 0 Å². The van der Waals surface area contributed by atoms with E-state index in [1.165, 1.54) is 11.3 Å². The Morgan fingerprint density at radius 2 is 2.19 bits per heavy atom. The van der Waals surface area contributed by atoms with Gasteiger partial charge >= 0.3 is 0 Å². The van der Waals surface area contributed by atoms with Crippen molar-refractivity contribution < 1.29 is 4.79 Å². The number of hydrogen-bond acceptors (Lipinski definition) is 3. The van der Waals surface area contributed by atoms with Gasteiger partial charge in [0, 0.05) is 36.5 Å². The lowest BCUT2D eigenvalue weighted by molar-refractivity contribution is -0.135. The van der Waals surface area contributed by atoms with Crippen molar-refractivity contribution in [2.75, 3.05) is 13.1 Å². The van der Waals surface area contributed by atoms with Crippen LogP contribution in [0.15, 0.2) is 17.5 Å². The third-order valence-corrected chi connectivity index (χ3v) is 5.18. The maximum absolute atomic E-state index is 12.2. The monoisotopic (exact) mass is 330 g/mol. The fourth-order valence-corrected chi connectivity index (χ4v) is 3.51. The van der Waals surface area contributed by atoms with Gasteiger partial charge in [0.15, 0.2) is 0 Å². The van der Waals surface area contributed by atoms with Crippen LogP contribution in [0.1, 0.15) is 44.4 Å². The standard InChI is InChI=1S/C16H26N2OS.ClH/c1-13-14(2)18(11-10-17-13)16(19)9-5-3-4-7-15-8-6-12-20-15;/h6,8,12-14,17H,3-5,7,9-11H2,1-2H3;1H. The Hall–Kier alpha value is -0.580. The minimum Gasteiger partial charge on any atom is -0.337 e. The molecule has 1 aliphatic heterocycles. The number of unbranched alkanes of at least 4 members (excludes halogenated alkanes) is 2. The van der Waals surface area contributed by atoms with Crippen molar-refractivity contribution in [3.05, 3.63) is 22.4 Å². The molecule has 0 spiro atoms. The predicted octanol–water partition coefficient (Wildman–Crippen LogP) is 3.48. The summed E-state index contributed by atoms with van der Waals surface area (Å²) in [4.78, 5) is 15.8. The second-order valence-electron chi connectivity index (χ2n) is 5.71. The van der Waals surface area contributed by atoms with Crippen LogP contribution in [0.25, 0.3) is 0 Å². The molecule has 0 aliphatic carbocycles. The van der Waals surface area contributed by atoms with E-state index < -0.39 is 0 Å². The summed E-state index contributed by atoms with van der Waals surface area (Å²) in [5.74, 6) is 0.335. The second kappa shape index (κ2) is 9.44. The van der Waals surface area contributed by atoms with Crippen LogP contribution in [-0.2, 0) is 11.2 Å². The molecule has 1 aromatic heterocycles. The van der Waals surface area contributed by atoms with Gasteiger partial charge in [0.2, 0.25) is 5.91 Å². The molecule has 1 saturated heterocycles. The highest BCUT2D eigenvalue weighted by molar-refractivity contribution is 7.09. The number of halogens is 1. The van der Waals surface area contributed by atoms with Crippen molar-refractivity contribution in [1.82, 2.24) is 10.2 Å². The SMILES string of the molecule is CC1NCCN(C(=O)CCCCCc2cccs2)C1C.Cl. The van der Waals surface area contributed by atoms with E-state index in [0.717, 1.165) is 32.4 Å². The number of amides is 1. The summed E-state index contributed by atoms with van der Waals surface area (Å²) in [7, 11) is 0. The Morgan fingerprint density at radius 1 is 1.38 bits per heavy atom. The molecule has 1 aromatic rings. The van der Waals surface area contributed by atoms with Crippen LogP contribution in [0.5, 0.6) is 0 Å². The van der Waals surface area contributed by atoms with Crippen molar-refractivity contribution in [2.45, 2.75) is 58.0 Å². The Balaban J connectivity index is 0.00000220. The first-order valence-corrected chi connectivity index (χ1v) is 8.61. The first kappa shape index (κ1) is 18.5. The van der Waals surface area contributed by atoms with Crippen LogP contribution in [0, 0.1) is 0 Å². The molecule has 1 N–H and O–H groups in total. The van der Waals surface area contributed by atoms with E-state index in [-0.39, 0.29) is 12.4 Å². The van der Waals surface area contributed by atoms with Crippen molar-refractivity contribution in [1.29, 1.82) is 0 Å². The lowest BCUT2D eigenvalue weighted by atomic mass is 10.1. The van der Waals surface area contributed by atoms with E-state index in [1.807, 2.05) is 11.3 Å². The van der Waals surface area contributed by atoms with E-state index in [2.05, 4.69) is 41.6 Å². The van der Waals surface area contributed by atoms with Gasteiger partial charge in [-0.05, 0) is 44.6 Å². The summed E-state index contributed by atoms with van der Waals surface area (Å²) in [5, 5.41) is 5.55. The quantitative estimate of drug-likeness (QED) is 0.810. The maximum atomic E-state index is 12.2. The number of nitrogens with one attached hydrogen (secondary N) is 1. The number of piperazine rings is 1. The summed E-state index contributed by atoms with van der Waals surface area (Å²) in [6, 6.07) is 5.03. The fraction of sp³-hybridized carbons (Fsp3) is 0.688. The second-order valence-corrected chi connectivity index (χ2v) is 6.74. The van der Waals surface area contributed by atoms with Gasteiger partial charge in [0.1, 0.15) is 0 Å². The molecule has 2 unspecified atom stereocenters. The van der Waals surface area contributed by atoms with Gasteiger partial charge in [0.05, 0.1) is 0 Å². The molecule has 2 rings (SSSR count). The lowest BCUT2D eigenvalue weighted by Crippen LogP contribution is -2.57. The molecule has 1 fully saturated rings. The predicted molar refractivity (Wildman–Crippen MR) is 92.4 cm³/mol. The minimum atomic E-state index is 0. The minimum absolute atomic E-state index is 0. The normalized spacial score (nSPS) is 21.9. The fourth-order valence-electron chi connectivity index (χ4n) is 2.76.